The van der Waals surface area contributed by atoms with E-state index in [1.54, 1.807) is 26.4 Å². The fourth-order valence-electron chi connectivity index (χ4n) is 2.95. The van der Waals surface area contributed by atoms with E-state index in [9.17, 15) is 4.79 Å². The van der Waals surface area contributed by atoms with E-state index >= 15 is 0 Å². The van der Waals surface area contributed by atoms with Gasteiger partial charge in [-0.15, -0.1) is 10.2 Å². The molecule has 0 aliphatic carbocycles. The van der Waals surface area contributed by atoms with Crippen LogP contribution in [-0.2, 0) is 5.75 Å². The second kappa shape index (κ2) is 8.00. The van der Waals surface area contributed by atoms with Gasteiger partial charge in [0.25, 0.3) is 5.22 Å². The number of aromatic nitrogens is 2. The number of nitrogens with zero attached hydrogens (tertiary/aromatic N) is 2. The molecule has 2 heterocycles. The molecule has 0 saturated carbocycles. The number of hydrogen-bond donors (Lipinski definition) is 0. The minimum atomic E-state index is -0.379. The van der Waals surface area contributed by atoms with Crippen molar-refractivity contribution in [1.29, 1.82) is 0 Å². The predicted molar refractivity (Wildman–Crippen MR) is 110 cm³/mol. The summed E-state index contributed by atoms with van der Waals surface area (Å²) in [6.45, 7) is 1.95. The standard InChI is InChI=1S/C21H18N2O5S/c1-12-4-6-15-14(10-19(24)27-17(15)8-12)11-29-21-23-22-20(28-21)13-5-7-16(25-2)18(9-13)26-3/h4-10H,11H2,1-3H3. The van der Waals surface area contributed by atoms with E-state index in [1.165, 1.54) is 17.8 Å². The molecular weight excluding hydrogens is 392 g/mol. The Morgan fingerprint density at radius 3 is 2.59 bits per heavy atom. The summed E-state index contributed by atoms with van der Waals surface area (Å²) >= 11 is 1.36. The molecule has 0 unspecified atom stereocenters. The smallest absolute Gasteiger partial charge is 0.336 e. The number of thioether (sulfide) groups is 1. The first-order valence-electron chi connectivity index (χ1n) is 8.79. The molecule has 0 spiro atoms. The van der Waals surface area contributed by atoms with E-state index in [2.05, 4.69) is 10.2 Å². The van der Waals surface area contributed by atoms with Gasteiger partial charge in [-0.2, -0.15) is 0 Å². The van der Waals surface area contributed by atoms with Crippen molar-refractivity contribution in [3.63, 3.8) is 0 Å². The Labute approximate surface area is 170 Å². The maximum Gasteiger partial charge on any atom is 0.336 e. The zero-order chi connectivity index (χ0) is 20.4. The van der Waals surface area contributed by atoms with Gasteiger partial charge in [-0.25, -0.2) is 4.79 Å². The molecule has 29 heavy (non-hydrogen) atoms. The van der Waals surface area contributed by atoms with Crippen molar-refractivity contribution in [2.24, 2.45) is 0 Å². The second-order valence-electron chi connectivity index (χ2n) is 6.32. The first kappa shape index (κ1) is 19.1. The highest BCUT2D eigenvalue weighted by Gasteiger charge is 2.14. The van der Waals surface area contributed by atoms with Crippen LogP contribution in [0.2, 0.25) is 0 Å². The Kier molecular flexibility index (Phi) is 5.26. The van der Waals surface area contributed by atoms with Crippen molar-refractivity contribution in [2.75, 3.05) is 14.2 Å². The number of rotatable bonds is 6. The average molecular weight is 410 g/mol. The SMILES string of the molecule is COc1ccc(-c2nnc(SCc3cc(=O)oc4cc(C)ccc34)o2)cc1OC. The molecule has 0 amide bonds. The predicted octanol–water partition coefficient (Wildman–Crippen LogP) is 4.46. The summed E-state index contributed by atoms with van der Waals surface area (Å²) < 4.78 is 21.6. The van der Waals surface area contributed by atoms with Gasteiger partial charge < -0.3 is 18.3 Å². The number of benzene rings is 2. The zero-order valence-electron chi connectivity index (χ0n) is 16.1. The van der Waals surface area contributed by atoms with Crippen LogP contribution < -0.4 is 15.1 Å². The van der Waals surface area contributed by atoms with E-state index in [-0.39, 0.29) is 5.63 Å². The number of fused-ring (bicyclic) bond motifs is 1. The Bertz CT molecular complexity index is 1230. The molecule has 4 aromatic rings. The maximum absolute atomic E-state index is 11.9. The summed E-state index contributed by atoms with van der Waals surface area (Å²) in [5.74, 6) is 2.07. The number of aryl methyl sites for hydroxylation is 1. The van der Waals surface area contributed by atoms with Crippen LogP contribution in [0.4, 0.5) is 0 Å². The lowest BCUT2D eigenvalue weighted by Crippen LogP contribution is -2.00. The normalized spacial score (nSPS) is 11.0. The van der Waals surface area contributed by atoms with Gasteiger partial charge in [0.15, 0.2) is 11.5 Å². The minimum Gasteiger partial charge on any atom is -0.493 e. The quantitative estimate of drug-likeness (QED) is 0.340. The number of ether oxygens (including phenoxy) is 2. The highest BCUT2D eigenvalue weighted by atomic mass is 32.2. The third-order valence-corrected chi connectivity index (χ3v) is 5.24. The van der Waals surface area contributed by atoms with Gasteiger partial charge in [0.2, 0.25) is 5.89 Å². The van der Waals surface area contributed by atoms with Crippen LogP contribution in [-0.4, -0.2) is 24.4 Å². The van der Waals surface area contributed by atoms with E-state index in [0.717, 1.165) is 22.1 Å². The molecule has 0 atom stereocenters. The Hall–Kier alpha value is -3.26. The molecular formula is C21H18N2O5S. The molecule has 2 aromatic heterocycles. The zero-order valence-corrected chi connectivity index (χ0v) is 16.9. The van der Waals surface area contributed by atoms with Gasteiger partial charge in [0.1, 0.15) is 5.58 Å². The van der Waals surface area contributed by atoms with Crippen molar-refractivity contribution in [1.82, 2.24) is 10.2 Å². The van der Waals surface area contributed by atoms with E-state index < -0.39 is 0 Å². The Balaban J connectivity index is 1.56. The van der Waals surface area contributed by atoms with E-state index in [4.69, 9.17) is 18.3 Å². The molecule has 2 aromatic carbocycles. The van der Waals surface area contributed by atoms with Crippen molar-refractivity contribution in [3.8, 4) is 23.0 Å². The molecule has 0 N–H and O–H groups in total. The lowest BCUT2D eigenvalue weighted by atomic mass is 10.1. The van der Waals surface area contributed by atoms with E-state index in [0.29, 0.717) is 33.9 Å². The second-order valence-corrected chi connectivity index (χ2v) is 7.25. The summed E-state index contributed by atoms with van der Waals surface area (Å²) in [6, 6.07) is 12.7. The summed E-state index contributed by atoms with van der Waals surface area (Å²) in [5, 5.41) is 9.50. The summed E-state index contributed by atoms with van der Waals surface area (Å²) in [4.78, 5) is 11.9. The topological polar surface area (TPSA) is 87.6 Å². The molecule has 0 aliphatic rings. The first-order valence-corrected chi connectivity index (χ1v) is 9.78. The molecule has 0 bridgehead atoms. The van der Waals surface area contributed by atoms with Gasteiger partial charge in [0, 0.05) is 22.8 Å². The molecule has 8 heteroatoms. The van der Waals surface area contributed by atoms with Crippen molar-refractivity contribution in [2.45, 2.75) is 17.9 Å². The van der Waals surface area contributed by atoms with Crippen molar-refractivity contribution < 1.29 is 18.3 Å². The maximum atomic E-state index is 11.9. The van der Waals surface area contributed by atoms with Gasteiger partial charge in [-0.05, 0) is 42.3 Å². The van der Waals surface area contributed by atoms with Crippen LogP contribution in [0.15, 0.2) is 61.3 Å². The third-order valence-electron chi connectivity index (χ3n) is 4.37. The lowest BCUT2D eigenvalue weighted by molar-refractivity contribution is 0.355. The lowest BCUT2D eigenvalue weighted by Gasteiger charge is -2.07. The van der Waals surface area contributed by atoms with Crippen molar-refractivity contribution in [3.05, 3.63) is 64.0 Å². The van der Waals surface area contributed by atoms with Gasteiger partial charge >= 0.3 is 5.63 Å². The highest BCUT2D eigenvalue weighted by molar-refractivity contribution is 7.98. The summed E-state index contributed by atoms with van der Waals surface area (Å²) in [6.07, 6.45) is 0. The largest absolute Gasteiger partial charge is 0.493 e. The fourth-order valence-corrected chi connectivity index (χ4v) is 3.70. The molecule has 7 nitrogen and oxygen atoms in total. The molecule has 0 fully saturated rings. The number of methoxy groups -OCH3 is 2. The average Bonchev–Trinajstić information content (AvgIpc) is 3.20. The van der Waals surface area contributed by atoms with E-state index in [1.807, 2.05) is 31.2 Å². The van der Waals surface area contributed by atoms with Crippen LogP contribution in [0, 0.1) is 6.92 Å². The molecule has 0 radical (unpaired) electrons. The molecule has 148 valence electrons. The summed E-state index contributed by atoms with van der Waals surface area (Å²) in [5.41, 5.74) is 2.80. The molecule has 4 rings (SSSR count). The fraction of sp³-hybridized carbons (Fsp3) is 0.190. The van der Waals surface area contributed by atoms with Crippen LogP contribution >= 0.6 is 11.8 Å². The Morgan fingerprint density at radius 2 is 1.79 bits per heavy atom. The Morgan fingerprint density at radius 1 is 0.966 bits per heavy atom. The highest BCUT2D eigenvalue weighted by Crippen LogP contribution is 2.33. The van der Waals surface area contributed by atoms with Crippen LogP contribution in [0.1, 0.15) is 11.1 Å². The molecule has 0 saturated heterocycles. The molecule has 0 aliphatic heterocycles. The van der Waals surface area contributed by atoms with Crippen LogP contribution in [0.3, 0.4) is 0 Å². The van der Waals surface area contributed by atoms with Crippen molar-refractivity contribution >= 4 is 22.7 Å². The van der Waals surface area contributed by atoms with Gasteiger partial charge in [0.05, 0.1) is 14.2 Å². The van der Waals surface area contributed by atoms with Gasteiger partial charge in [-0.3, -0.25) is 0 Å². The third kappa shape index (κ3) is 3.97. The van der Waals surface area contributed by atoms with Crippen LogP contribution in [0.5, 0.6) is 11.5 Å². The van der Waals surface area contributed by atoms with Gasteiger partial charge in [-0.1, -0.05) is 23.9 Å². The monoisotopic (exact) mass is 410 g/mol. The summed E-state index contributed by atoms with van der Waals surface area (Å²) in [7, 11) is 3.15. The van der Waals surface area contributed by atoms with Crippen LogP contribution in [0.25, 0.3) is 22.4 Å². The first-order chi connectivity index (χ1) is 14.1. The number of hydrogen-bond acceptors (Lipinski definition) is 8. The minimum absolute atomic E-state index is 0.376.